The van der Waals surface area contributed by atoms with Crippen LogP contribution >= 0.6 is 0 Å². The molecule has 1 heteroatoms. The smallest absolute Gasteiger partial charge is 0.0422 e. The number of nitrogens with one attached hydrogen (secondary N) is 1. The van der Waals surface area contributed by atoms with E-state index in [0.717, 1.165) is 0 Å². The van der Waals surface area contributed by atoms with E-state index in [0.29, 0.717) is 12.0 Å². The third kappa shape index (κ3) is 3.07. The van der Waals surface area contributed by atoms with E-state index in [4.69, 9.17) is 0 Å². The minimum atomic E-state index is 0.511. The number of hydrogen-bond acceptors (Lipinski definition) is 1. The van der Waals surface area contributed by atoms with Gasteiger partial charge in [-0.3, -0.25) is 0 Å². The molecule has 3 aromatic rings. The summed E-state index contributed by atoms with van der Waals surface area (Å²) in [5.74, 6) is 0.607. The second-order valence-corrected chi connectivity index (χ2v) is 6.61. The van der Waals surface area contributed by atoms with Gasteiger partial charge in [0.1, 0.15) is 0 Å². The molecule has 120 valence electrons. The molecule has 0 aliphatic heterocycles. The van der Waals surface area contributed by atoms with Crippen LogP contribution < -0.4 is 5.32 Å². The van der Waals surface area contributed by atoms with E-state index >= 15 is 0 Å². The van der Waals surface area contributed by atoms with Crippen LogP contribution in [-0.4, -0.2) is 6.04 Å². The van der Waals surface area contributed by atoms with Gasteiger partial charge in [0.15, 0.2) is 0 Å². The second kappa shape index (κ2) is 6.92. The lowest BCUT2D eigenvalue weighted by atomic mass is 9.93. The molecule has 1 fully saturated rings. The van der Waals surface area contributed by atoms with Gasteiger partial charge in [0.25, 0.3) is 0 Å². The van der Waals surface area contributed by atoms with Gasteiger partial charge in [-0.05, 0) is 30.0 Å². The van der Waals surface area contributed by atoms with Gasteiger partial charge in [-0.15, -0.1) is 0 Å². The van der Waals surface area contributed by atoms with Crippen LogP contribution in [-0.2, 0) is 0 Å². The Morgan fingerprint density at radius 2 is 1.33 bits per heavy atom. The van der Waals surface area contributed by atoms with Gasteiger partial charge in [0.05, 0.1) is 0 Å². The molecule has 2 unspecified atom stereocenters. The van der Waals surface area contributed by atoms with E-state index in [9.17, 15) is 0 Å². The van der Waals surface area contributed by atoms with Crippen molar-refractivity contribution < 1.29 is 0 Å². The number of anilines is 1. The maximum Gasteiger partial charge on any atom is 0.0422 e. The predicted octanol–water partition coefficient (Wildman–Crippen LogP) is 6.10. The fourth-order valence-electron chi connectivity index (χ4n) is 3.91. The molecule has 0 bridgehead atoms. The van der Waals surface area contributed by atoms with Gasteiger partial charge in [0, 0.05) is 23.2 Å². The first-order valence-corrected chi connectivity index (χ1v) is 8.88. The second-order valence-electron chi connectivity index (χ2n) is 6.61. The van der Waals surface area contributed by atoms with Crippen molar-refractivity contribution in [3.63, 3.8) is 0 Å². The molecule has 24 heavy (non-hydrogen) atoms. The van der Waals surface area contributed by atoms with Crippen LogP contribution in [0.15, 0.2) is 84.9 Å². The molecular weight excluding hydrogens is 290 g/mol. The topological polar surface area (TPSA) is 12.0 Å². The number of rotatable bonds is 4. The Hall–Kier alpha value is -2.54. The van der Waals surface area contributed by atoms with E-state index < -0.39 is 0 Å². The van der Waals surface area contributed by atoms with Crippen molar-refractivity contribution in [2.45, 2.75) is 31.2 Å². The zero-order valence-electron chi connectivity index (χ0n) is 13.9. The number of benzene rings is 3. The first-order chi connectivity index (χ1) is 11.9. The molecule has 3 aromatic carbocycles. The monoisotopic (exact) mass is 313 g/mol. The Morgan fingerprint density at radius 3 is 2.12 bits per heavy atom. The summed E-state index contributed by atoms with van der Waals surface area (Å²) < 4.78 is 0. The normalized spacial score (nSPS) is 20.0. The lowest BCUT2D eigenvalue weighted by Gasteiger charge is -2.24. The van der Waals surface area contributed by atoms with E-state index in [1.54, 1.807) is 0 Å². The van der Waals surface area contributed by atoms with Crippen LogP contribution in [0.2, 0.25) is 0 Å². The summed E-state index contributed by atoms with van der Waals surface area (Å²) in [4.78, 5) is 0. The summed E-state index contributed by atoms with van der Waals surface area (Å²) in [7, 11) is 0. The molecule has 0 aromatic heterocycles. The number of para-hydroxylation sites is 1. The first-order valence-electron chi connectivity index (χ1n) is 8.88. The van der Waals surface area contributed by atoms with E-state index in [2.05, 4.69) is 90.2 Å². The molecule has 0 saturated heterocycles. The summed E-state index contributed by atoms with van der Waals surface area (Å²) in [6.45, 7) is 0. The molecule has 1 N–H and O–H groups in total. The van der Waals surface area contributed by atoms with Crippen LogP contribution in [0.25, 0.3) is 11.1 Å². The summed E-state index contributed by atoms with van der Waals surface area (Å²) in [6, 6.07) is 30.8. The highest BCUT2D eigenvalue weighted by Crippen LogP contribution is 2.38. The van der Waals surface area contributed by atoms with Crippen molar-refractivity contribution in [2.24, 2.45) is 0 Å². The average molecular weight is 313 g/mol. The molecular formula is C23H23N. The van der Waals surface area contributed by atoms with E-state index in [1.807, 2.05) is 0 Å². The van der Waals surface area contributed by atoms with Gasteiger partial charge in [0.2, 0.25) is 0 Å². The van der Waals surface area contributed by atoms with Crippen molar-refractivity contribution in [2.75, 3.05) is 5.32 Å². The van der Waals surface area contributed by atoms with Gasteiger partial charge < -0.3 is 5.32 Å². The lowest BCUT2D eigenvalue weighted by molar-refractivity contribution is 0.650. The zero-order chi connectivity index (χ0) is 16.2. The molecule has 1 nitrogen and oxygen atoms in total. The van der Waals surface area contributed by atoms with Crippen molar-refractivity contribution in [3.05, 3.63) is 90.5 Å². The third-order valence-corrected chi connectivity index (χ3v) is 5.10. The highest BCUT2D eigenvalue weighted by molar-refractivity contribution is 5.78. The van der Waals surface area contributed by atoms with Crippen LogP contribution in [0, 0.1) is 0 Å². The van der Waals surface area contributed by atoms with Gasteiger partial charge in [-0.1, -0.05) is 85.3 Å². The molecule has 0 amide bonds. The minimum Gasteiger partial charge on any atom is -0.381 e. The summed E-state index contributed by atoms with van der Waals surface area (Å²) >= 11 is 0. The van der Waals surface area contributed by atoms with Gasteiger partial charge in [-0.25, -0.2) is 0 Å². The molecule has 0 spiro atoms. The Labute approximate surface area is 144 Å². The average Bonchev–Trinajstić information content (AvgIpc) is 3.12. The van der Waals surface area contributed by atoms with Crippen molar-refractivity contribution in [1.29, 1.82) is 0 Å². The van der Waals surface area contributed by atoms with Crippen LogP contribution in [0.4, 0.5) is 5.69 Å². The van der Waals surface area contributed by atoms with Crippen LogP contribution in [0.3, 0.4) is 0 Å². The quantitative estimate of drug-likeness (QED) is 0.613. The SMILES string of the molecule is c1ccc(-c2ccccc2NC2CCCC2c2ccccc2)cc1. The van der Waals surface area contributed by atoms with Gasteiger partial charge >= 0.3 is 0 Å². The standard InChI is InChI=1S/C23H23N/c1-3-10-18(11-4-1)20-14-7-8-16-22(20)24-23-17-9-15-21(23)19-12-5-2-6-13-19/h1-8,10-14,16,21,23-24H,9,15,17H2. The third-order valence-electron chi connectivity index (χ3n) is 5.10. The molecule has 0 radical (unpaired) electrons. The molecule has 1 saturated carbocycles. The summed E-state index contributed by atoms with van der Waals surface area (Å²) in [6.07, 6.45) is 3.81. The molecule has 1 aliphatic carbocycles. The van der Waals surface area contributed by atoms with E-state index in [-0.39, 0.29) is 0 Å². The fraction of sp³-hybridized carbons (Fsp3) is 0.217. The predicted molar refractivity (Wildman–Crippen MR) is 102 cm³/mol. The largest absolute Gasteiger partial charge is 0.381 e. The summed E-state index contributed by atoms with van der Waals surface area (Å²) in [5.41, 5.74) is 5.27. The first kappa shape index (κ1) is 15.0. The molecule has 0 heterocycles. The Morgan fingerprint density at radius 1 is 0.667 bits per heavy atom. The zero-order valence-corrected chi connectivity index (χ0v) is 13.9. The molecule has 1 aliphatic rings. The molecule has 4 rings (SSSR count). The highest BCUT2D eigenvalue weighted by Gasteiger charge is 2.28. The maximum absolute atomic E-state index is 3.86. The molecule has 2 atom stereocenters. The highest BCUT2D eigenvalue weighted by atomic mass is 14.9. The van der Waals surface area contributed by atoms with E-state index in [1.165, 1.54) is 41.6 Å². The van der Waals surface area contributed by atoms with Crippen molar-refractivity contribution in [1.82, 2.24) is 0 Å². The lowest BCUT2D eigenvalue weighted by Crippen LogP contribution is -2.22. The Kier molecular flexibility index (Phi) is 4.33. The fourth-order valence-corrected chi connectivity index (χ4v) is 3.91. The van der Waals surface area contributed by atoms with Crippen molar-refractivity contribution in [3.8, 4) is 11.1 Å². The van der Waals surface area contributed by atoms with Crippen LogP contribution in [0.1, 0.15) is 30.7 Å². The maximum atomic E-state index is 3.86. The van der Waals surface area contributed by atoms with Gasteiger partial charge in [-0.2, -0.15) is 0 Å². The Balaban J connectivity index is 1.62. The number of hydrogen-bond donors (Lipinski definition) is 1. The minimum absolute atomic E-state index is 0.511. The van der Waals surface area contributed by atoms with Crippen LogP contribution in [0.5, 0.6) is 0 Å². The Bertz CT molecular complexity index is 779. The van der Waals surface area contributed by atoms with Crippen molar-refractivity contribution >= 4 is 5.69 Å². The summed E-state index contributed by atoms with van der Waals surface area (Å²) in [5, 5.41) is 3.86.